The molecule has 1 aromatic rings. The molecule has 1 N–H and O–H groups in total. The van der Waals surface area contributed by atoms with Crippen molar-refractivity contribution in [2.24, 2.45) is 7.05 Å². The summed E-state index contributed by atoms with van der Waals surface area (Å²) >= 11 is 0. The van der Waals surface area contributed by atoms with Gasteiger partial charge in [-0.3, -0.25) is 4.68 Å². The molecule has 2 rings (SSSR count). The zero-order valence-corrected chi connectivity index (χ0v) is 11.6. The van der Waals surface area contributed by atoms with E-state index in [4.69, 9.17) is 4.74 Å². The zero-order valence-electron chi connectivity index (χ0n) is 11.6. The summed E-state index contributed by atoms with van der Waals surface area (Å²) in [6, 6.07) is 0.318. The molecule has 1 unspecified atom stereocenters. The second-order valence-corrected chi connectivity index (χ2v) is 5.09. The largest absolute Gasteiger partial charge is 0.377 e. The molecule has 102 valence electrons. The molecule has 0 aliphatic heterocycles. The van der Waals surface area contributed by atoms with Crippen LogP contribution in [0, 0.1) is 0 Å². The first-order chi connectivity index (χ1) is 8.72. The van der Waals surface area contributed by atoms with Gasteiger partial charge >= 0.3 is 0 Å². The van der Waals surface area contributed by atoms with Crippen molar-refractivity contribution in [1.82, 2.24) is 20.1 Å². The first kappa shape index (κ1) is 13.5. The molecule has 1 aromatic heterocycles. The number of aryl methyl sites for hydroxylation is 1. The fraction of sp³-hybridized carbons (Fsp3) is 0.846. The molecular formula is C13H24N4O. The highest BCUT2D eigenvalue weighted by Gasteiger charge is 2.41. The van der Waals surface area contributed by atoms with E-state index in [2.05, 4.69) is 22.3 Å². The monoisotopic (exact) mass is 252 g/mol. The van der Waals surface area contributed by atoms with Crippen molar-refractivity contribution >= 4 is 0 Å². The van der Waals surface area contributed by atoms with E-state index in [1.165, 1.54) is 12.8 Å². The van der Waals surface area contributed by atoms with Crippen LogP contribution in [0.1, 0.15) is 38.4 Å². The maximum Gasteiger partial charge on any atom is 0.138 e. The minimum Gasteiger partial charge on any atom is -0.377 e. The molecule has 0 aromatic carbocycles. The fourth-order valence-corrected chi connectivity index (χ4v) is 3.05. The van der Waals surface area contributed by atoms with Crippen molar-refractivity contribution < 1.29 is 4.74 Å². The Morgan fingerprint density at radius 1 is 1.50 bits per heavy atom. The standard InChI is InChI=1S/C13H24N4O/c1-4-14-11(9-12-15-10-16-17(12)2)13(18-3)7-5-6-8-13/h10-11,14H,4-9H2,1-3H3. The van der Waals surface area contributed by atoms with Gasteiger partial charge < -0.3 is 10.1 Å². The Hall–Kier alpha value is -0.940. The van der Waals surface area contributed by atoms with Crippen LogP contribution in [0.15, 0.2) is 6.33 Å². The van der Waals surface area contributed by atoms with E-state index in [0.717, 1.165) is 31.6 Å². The first-order valence-electron chi connectivity index (χ1n) is 6.83. The molecule has 5 nitrogen and oxygen atoms in total. The number of aromatic nitrogens is 3. The molecule has 1 aliphatic carbocycles. The minimum atomic E-state index is -0.0258. The lowest BCUT2D eigenvalue weighted by Gasteiger charge is -2.36. The highest BCUT2D eigenvalue weighted by molar-refractivity contribution is 5.02. The molecule has 1 fully saturated rings. The van der Waals surface area contributed by atoms with Crippen LogP contribution < -0.4 is 5.32 Å². The lowest BCUT2D eigenvalue weighted by atomic mass is 9.89. The van der Waals surface area contributed by atoms with Crippen LogP contribution >= 0.6 is 0 Å². The molecule has 1 atom stereocenters. The number of nitrogens with zero attached hydrogens (tertiary/aromatic N) is 3. The molecule has 1 aliphatic rings. The summed E-state index contributed by atoms with van der Waals surface area (Å²) in [4.78, 5) is 4.33. The highest BCUT2D eigenvalue weighted by Crippen LogP contribution is 2.36. The first-order valence-corrected chi connectivity index (χ1v) is 6.83. The van der Waals surface area contributed by atoms with Gasteiger partial charge in [-0.2, -0.15) is 5.10 Å². The van der Waals surface area contributed by atoms with Gasteiger partial charge in [0.15, 0.2) is 0 Å². The van der Waals surface area contributed by atoms with Gasteiger partial charge in [-0.15, -0.1) is 0 Å². The number of hydrogen-bond donors (Lipinski definition) is 1. The summed E-state index contributed by atoms with van der Waals surface area (Å²) in [5, 5.41) is 7.72. The molecule has 0 bridgehead atoms. The Labute approximate surface area is 109 Å². The third-order valence-electron chi connectivity index (χ3n) is 4.13. The van der Waals surface area contributed by atoms with Crippen LogP contribution in [0.4, 0.5) is 0 Å². The highest BCUT2D eigenvalue weighted by atomic mass is 16.5. The predicted octanol–water partition coefficient (Wildman–Crippen LogP) is 1.29. The van der Waals surface area contributed by atoms with E-state index in [0.29, 0.717) is 6.04 Å². The number of hydrogen-bond acceptors (Lipinski definition) is 4. The van der Waals surface area contributed by atoms with Gasteiger partial charge in [-0.25, -0.2) is 4.98 Å². The summed E-state index contributed by atoms with van der Waals surface area (Å²) in [6.45, 7) is 3.09. The van der Waals surface area contributed by atoms with Crippen LogP contribution in [-0.4, -0.2) is 40.1 Å². The SMILES string of the molecule is CCNC(Cc1ncnn1C)C1(OC)CCCC1. The minimum absolute atomic E-state index is 0.0258. The van der Waals surface area contributed by atoms with Crippen molar-refractivity contribution in [3.05, 3.63) is 12.2 Å². The van der Waals surface area contributed by atoms with Gasteiger partial charge in [0.2, 0.25) is 0 Å². The molecule has 18 heavy (non-hydrogen) atoms. The maximum absolute atomic E-state index is 5.88. The lowest BCUT2D eigenvalue weighted by molar-refractivity contribution is -0.0357. The third kappa shape index (κ3) is 2.57. The van der Waals surface area contributed by atoms with Crippen molar-refractivity contribution in [1.29, 1.82) is 0 Å². The van der Waals surface area contributed by atoms with Gasteiger partial charge in [0.1, 0.15) is 12.2 Å². The number of nitrogens with one attached hydrogen (secondary N) is 1. The predicted molar refractivity (Wildman–Crippen MR) is 70.4 cm³/mol. The average molecular weight is 252 g/mol. The molecule has 0 spiro atoms. The van der Waals surface area contributed by atoms with E-state index in [1.54, 1.807) is 6.33 Å². The Morgan fingerprint density at radius 2 is 2.22 bits per heavy atom. The van der Waals surface area contributed by atoms with Gasteiger partial charge in [-0.05, 0) is 19.4 Å². The molecule has 1 heterocycles. The summed E-state index contributed by atoms with van der Waals surface area (Å²) in [7, 11) is 3.78. The smallest absolute Gasteiger partial charge is 0.138 e. The van der Waals surface area contributed by atoms with Gasteiger partial charge in [0.25, 0.3) is 0 Å². The van der Waals surface area contributed by atoms with E-state index in [1.807, 2.05) is 18.8 Å². The number of rotatable bonds is 6. The van der Waals surface area contributed by atoms with Crippen LogP contribution in [0.3, 0.4) is 0 Å². The Morgan fingerprint density at radius 3 is 2.72 bits per heavy atom. The van der Waals surface area contributed by atoms with E-state index in [-0.39, 0.29) is 5.60 Å². The number of likely N-dealkylation sites (N-methyl/N-ethyl adjacent to an activating group) is 1. The quantitative estimate of drug-likeness (QED) is 0.829. The van der Waals surface area contributed by atoms with Crippen LogP contribution in [0.25, 0.3) is 0 Å². The number of ether oxygens (including phenoxy) is 1. The second kappa shape index (κ2) is 5.80. The van der Waals surface area contributed by atoms with Crippen LogP contribution in [0.5, 0.6) is 0 Å². The maximum atomic E-state index is 5.88. The summed E-state index contributed by atoms with van der Waals surface area (Å²) in [5.74, 6) is 1.02. The molecular weight excluding hydrogens is 228 g/mol. The van der Waals surface area contributed by atoms with E-state index < -0.39 is 0 Å². The van der Waals surface area contributed by atoms with E-state index >= 15 is 0 Å². The Balaban J connectivity index is 2.14. The van der Waals surface area contributed by atoms with Crippen molar-refractivity contribution in [2.75, 3.05) is 13.7 Å². The zero-order chi connectivity index (χ0) is 13.0. The summed E-state index contributed by atoms with van der Waals surface area (Å²) in [6.07, 6.45) is 7.28. The number of methoxy groups -OCH3 is 1. The van der Waals surface area contributed by atoms with Crippen molar-refractivity contribution in [3.63, 3.8) is 0 Å². The summed E-state index contributed by atoms with van der Waals surface area (Å²) < 4.78 is 7.73. The lowest BCUT2D eigenvalue weighted by Crippen LogP contribution is -2.52. The molecule has 0 radical (unpaired) electrons. The van der Waals surface area contributed by atoms with E-state index in [9.17, 15) is 0 Å². The Kier molecular flexibility index (Phi) is 4.35. The van der Waals surface area contributed by atoms with Crippen molar-refractivity contribution in [3.8, 4) is 0 Å². The third-order valence-corrected chi connectivity index (χ3v) is 4.13. The fourth-order valence-electron chi connectivity index (χ4n) is 3.05. The van der Waals surface area contributed by atoms with Gasteiger partial charge in [0, 0.05) is 26.6 Å². The van der Waals surface area contributed by atoms with Crippen molar-refractivity contribution in [2.45, 2.75) is 50.7 Å². The molecule has 1 saturated carbocycles. The van der Waals surface area contributed by atoms with Crippen LogP contribution in [-0.2, 0) is 18.2 Å². The van der Waals surface area contributed by atoms with Crippen LogP contribution in [0.2, 0.25) is 0 Å². The Bertz CT molecular complexity index is 371. The normalized spacial score (nSPS) is 20.2. The molecule has 5 heteroatoms. The van der Waals surface area contributed by atoms with Gasteiger partial charge in [0.05, 0.1) is 5.60 Å². The topological polar surface area (TPSA) is 52.0 Å². The summed E-state index contributed by atoms with van der Waals surface area (Å²) in [5.41, 5.74) is -0.0258. The average Bonchev–Trinajstić information content (AvgIpc) is 2.99. The van der Waals surface area contributed by atoms with Gasteiger partial charge in [-0.1, -0.05) is 19.8 Å². The molecule has 0 saturated heterocycles. The molecule has 0 amide bonds. The second-order valence-electron chi connectivity index (χ2n) is 5.09.